The average Bonchev–Trinajstić information content (AvgIpc) is 3.02. The van der Waals surface area contributed by atoms with Gasteiger partial charge in [-0.05, 0) is 24.1 Å². The molecule has 7 heteroatoms. The number of carboxylic acid groups (broad SMARTS) is 1. The Bertz CT molecular complexity index is 994. The van der Waals surface area contributed by atoms with Crippen LogP contribution in [0.4, 0.5) is 13.2 Å². The van der Waals surface area contributed by atoms with Gasteiger partial charge in [0.15, 0.2) is 0 Å². The number of ether oxygens (including phenoxy) is 1. The lowest BCUT2D eigenvalue weighted by Gasteiger charge is -2.16. The molecule has 0 saturated heterocycles. The monoisotopic (exact) mass is 403 g/mol. The van der Waals surface area contributed by atoms with Gasteiger partial charge in [0.1, 0.15) is 0 Å². The molecular formula is C22H20F3NO3. The second kappa shape index (κ2) is 8.53. The molecule has 0 amide bonds. The van der Waals surface area contributed by atoms with Crippen LogP contribution in [-0.4, -0.2) is 22.2 Å². The number of nitrogens with zero attached hydrogens (tertiary/aromatic N) is 1. The van der Waals surface area contributed by atoms with E-state index in [9.17, 15) is 23.1 Å². The van der Waals surface area contributed by atoms with Gasteiger partial charge in [-0.2, -0.15) is 13.2 Å². The topological polar surface area (TPSA) is 51.5 Å². The Kier molecular flexibility index (Phi) is 6.08. The molecule has 0 spiro atoms. The van der Waals surface area contributed by atoms with Crippen LogP contribution in [0.1, 0.15) is 27.0 Å². The number of hydrogen-bond donors (Lipinski definition) is 1. The lowest BCUT2D eigenvalue weighted by Crippen LogP contribution is -2.11. The largest absolute Gasteiger partial charge is 0.478 e. The Morgan fingerprint density at radius 3 is 2.38 bits per heavy atom. The summed E-state index contributed by atoms with van der Waals surface area (Å²) in [7, 11) is 0. The number of rotatable bonds is 7. The van der Waals surface area contributed by atoms with E-state index < -0.39 is 17.7 Å². The maximum atomic E-state index is 13.5. The fourth-order valence-electron chi connectivity index (χ4n) is 3.27. The van der Waals surface area contributed by atoms with Crippen LogP contribution in [0.15, 0.2) is 60.8 Å². The number of benzene rings is 2. The minimum absolute atomic E-state index is 0.0277. The molecule has 3 aromatic rings. The summed E-state index contributed by atoms with van der Waals surface area (Å²) >= 11 is 0. The van der Waals surface area contributed by atoms with Crippen LogP contribution in [-0.2, 0) is 24.1 Å². The Balaban J connectivity index is 1.90. The minimum atomic E-state index is -4.55. The third-order valence-electron chi connectivity index (χ3n) is 4.64. The summed E-state index contributed by atoms with van der Waals surface area (Å²) < 4.78 is 47.7. The molecule has 0 saturated carbocycles. The zero-order chi connectivity index (χ0) is 21.0. The predicted molar refractivity (Wildman–Crippen MR) is 103 cm³/mol. The second-order valence-corrected chi connectivity index (χ2v) is 6.60. The summed E-state index contributed by atoms with van der Waals surface area (Å²) in [5, 5.41) is 9.43. The number of aromatic nitrogens is 1. The fourth-order valence-corrected chi connectivity index (χ4v) is 3.27. The zero-order valence-corrected chi connectivity index (χ0v) is 15.7. The van der Waals surface area contributed by atoms with Crippen LogP contribution in [0, 0.1) is 6.92 Å². The molecular weight excluding hydrogens is 383 g/mol. The molecule has 0 unspecified atom stereocenters. The van der Waals surface area contributed by atoms with Crippen molar-refractivity contribution < 1.29 is 27.8 Å². The lowest BCUT2D eigenvalue weighted by molar-refractivity contribution is -0.137. The number of aromatic carboxylic acids is 1. The van der Waals surface area contributed by atoms with Gasteiger partial charge in [-0.25, -0.2) is 4.79 Å². The first kappa shape index (κ1) is 20.7. The van der Waals surface area contributed by atoms with Crippen LogP contribution in [0.3, 0.4) is 0 Å². The van der Waals surface area contributed by atoms with Gasteiger partial charge < -0.3 is 14.4 Å². The Morgan fingerprint density at radius 2 is 1.72 bits per heavy atom. The third kappa shape index (κ3) is 4.68. The summed E-state index contributed by atoms with van der Waals surface area (Å²) in [4.78, 5) is 11.5. The molecule has 1 N–H and O–H groups in total. The third-order valence-corrected chi connectivity index (χ3v) is 4.64. The van der Waals surface area contributed by atoms with E-state index in [1.54, 1.807) is 0 Å². The van der Waals surface area contributed by atoms with Crippen LogP contribution in [0.5, 0.6) is 0 Å². The van der Waals surface area contributed by atoms with Crippen LogP contribution in [0.2, 0.25) is 0 Å². The second-order valence-electron chi connectivity index (χ2n) is 6.60. The van der Waals surface area contributed by atoms with Crippen molar-refractivity contribution in [3.63, 3.8) is 0 Å². The predicted octanol–water partition coefficient (Wildman–Crippen LogP) is 5.40. The Hall–Kier alpha value is -3.06. The molecule has 0 aliphatic rings. The van der Waals surface area contributed by atoms with Crippen molar-refractivity contribution in [2.24, 2.45) is 0 Å². The molecule has 4 nitrogen and oxygen atoms in total. The fraction of sp³-hybridized carbons (Fsp3) is 0.227. The van der Waals surface area contributed by atoms with E-state index in [-0.39, 0.29) is 35.5 Å². The van der Waals surface area contributed by atoms with E-state index in [0.717, 1.165) is 11.6 Å². The van der Waals surface area contributed by atoms with Crippen LogP contribution in [0.25, 0.3) is 11.3 Å². The molecule has 152 valence electrons. The number of carbonyl (C=O) groups is 1. The summed E-state index contributed by atoms with van der Waals surface area (Å²) in [5.41, 5.74) is 0.624. The van der Waals surface area contributed by atoms with E-state index in [0.29, 0.717) is 6.61 Å². The highest BCUT2D eigenvalue weighted by atomic mass is 19.4. The van der Waals surface area contributed by atoms with Crippen molar-refractivity contribution in [3.8, 4) is 11.3 Å². The summed E-state index contributed by atoms with van der Waals surface area (Å²) in [6.07, 6.45) is -3.18. The van der Waals surface area contributed by atoms with Gasteiger partial charge in [0.2, 0.25) is 0 Å². The van der Waals surface area contributed by atoms with Crippen molar-refractivity contribution in [3.05, 3.63) is 83.0 Å². The molecule has 0 radical (unpaired) electrons. The molecule has 29 heavy (non-hydrogen) atoms. The van der Waals surface area contributed by atoms with E-state index in [2.05, 4.69) is 0 Å². The SMILES string of the molecule is Cc1c(C(=O)O)cn(CCOCc2ccccc2)c1-c1ccccc1C(F)(F)F. The molecule has 0 atom stereocenters. The van der Waals surface area contributed by atoms with E-state index >= 15 is 0 Å². The van der Waals surface area contributed by atoms with Gasteiger partial charge >= 0.3 is 12.1 Å². The van der Waals surface area contributed by atoms with Gasteiger partial charge in [-0.3, -0.25) is 0 Å². The quantitative estimate of drug-likeness (QED) is 0.538. The van der Waals surface area contributed by atoms with Gasteiger partial charge in [-0.15, -0.1) is 0 Å². The summed E-state index contributed by atoms with van der Waals surface area (Å²) in [5.74, 6) is -1.18. The van der Waals surface area contributed by atoms with E-state index in [4.69, 9.17) is 4.74 Å². The molecule has 0 fully saturated rings. The van der Waals surface area contributed by atoms with Crippen LogP contribution < -0.4 is 0 Å². The Morgan fingerprint density at radius 1 is 1.07 bits per heavy atom. The number of alkyl halides is 3. The highest BCUT2D eigenvalue weighted by Gasteiger charge is 2.35. The van der Waals surface area contributed by atoms with Crippen molar-refractivity contribution in [2.75, 3.05) is 6.61 Å². The molecule has 2 aromatic carbocycles. The molecule has 0 bridgehead atoms. The standard InChI is InChI=1S/C22H20F3NO3/c1-15-18(21(27)28)13-26(11-12-29-14-16-7-3-2-4-8-16)20(15)17-9-5-6-10-19(17)22(23,24)25/h2-10,13H,11-12,14H2,1H3,(H,27,28). The molecule has 1 aromatic heterocycles. The maximum absolute atomic E-state index is 13.5. The molecule has 0 aliphatic carbocycles. The van der Waals surface area contributed by atoms with E-state index in [1.807, 2.05) is 30.3 Å². The van der Waals surface area contributed by atoms with Gasteiger partial charge in [-0.1, -0.05) is 48.5 Å². The molecule has 1 heterocycles. The number of hydrogen-bond acceptors (Lipinski definition) is 2. The van der Waals surface area contributed by atoms with Gasteiger partial charge in [0.25, 0.3) is 0 Å². The lowest BCUT2D eigenvalue weighted by atomic mass is 10.00. The van der Waals surface area contributed by atoms with Crippen molar-refractivity contribution in [2.45, 2.75) is 26.3 Å². The van der Waals surface area contributed by atoms with Gasteiger partial charge in [0, 0.05) is 18.3 Å². The maximum Gasteiger partial charge on any atom is 0.417 e. The van der Waals surface area contributed by atoms with Crippen molar-refractivity contribution >= 4 is 5.97 Å². The first-order valence-electron chi connectivity index (χ1n) is 9.00. The first-order chi connectivity index (χ1) is 13.8. The summed E-state index contributed by atoms with van der Waals surface area (Å²) in [6, 6.07) is 14.7. The first-order valence-corrected chi connectivity index (χ1v) is 9.00. The highest BCUT2D eigenvalue weighted by Crippen LogP contribution is 2.39. The highest BCUT2D eigenvalue weighted by molar-refractivity contribution is 5.92. The van der Waals surface area contributed by atoms with Crippen molar-refractivity contribution in [1.82, 2.24) is 4.57 Å². The van der Waals surface area contributed by atoms with Crippen molar-refractivity contribution in [1.29, 1.82) is 0 Å². The van der Waals surface area contributed by atoms with Gasteiger partial charge in [0.05, 0.1) is 30.0 Å². The normalized spacial score (nSPS) is 11.6. The number of halogens is 3. The molecule has 3 rings (SSSR count). The minimum Gasteiger partial charge on any atom is -0.478 e. The average molecular weight is 403 g/mol. The molecule has 0 aliphatic heterocycles. The van der Waals surface area contributed by atoms with E-state index in [1.165, 1.54) is 35.9 Å². The van der Waals surface area contributed by atoms with Crippen LogP contribution >= 0.6 is 0 Å². The smallest absolute Gasteiger partial charge is 0.417 e. The Labute approximate surface area is 166 Å². The zero-order valence-electron chi connectivity index (χ0n) is 15.7. The summed E-state index contributed by atoms with van der Waals surface area (Å²) in [6.45, 7) is 2.33. The number of carboxylic acids is 1.